The fraction of sp³-hybridized carbons (Fsp3) is 0.500. The molecule has 0 amide bonds. The fourth-order valence-corrected chi connectivity index (χ4v) is 1.47. The van der Waals surface area contributed by atoms with Crippen LogP contribution < -0.4 is 5.32 Å². The summed E-state index contributed by atoms with van der Waals surface area (Å²) < 4.78 is 0. The third-order valence-corrected chi connectivity index (χ3v) is 2.57. The molecule has 0 heterocycles. The van der Waals surface area contributed by atoms with Gasteiger partial charge in [0.1, 0.15) is 5.75 Å². The van der Waals surface area contributed by atoms with Crippen LogP contribution in [0.5, 0.6) is 5.75 Å². The van der Waals surface area contributed by atoms with Gasteiger partial charge in [0.05, 0.1) is 0 Å². The number of benzene rings is 1. The smallest absolute Gasteiger partial charge is 0.118 e. The van der Waals surface area contributed by atoms with Gasteiger partial charge in [-0.05, 0) is 44.9 Å². The highest BCUT2D eigenvalue weighted by molar-refractivity contribution is 5.31. The van der Waals surface area contributed by atoms with Gasteiger partial charge in [-0.25, -0.2) is 0 Å². The summed E-state index contributed by atoms with van der Waals surface area (Å²) >= 11 is 0. The van der Waals surface area contributed by atoms with Crippen LogP contribution in [0, 0.1) is 0 Å². The molecule has 14 heavy (non-hydrogen) atoms. The molecule has 0 aliphatic rings. The van der Waals surface area contributed by atoms with Crippen LogP contribution in [0.4, 0.5) is 0 Å². The third-order valence-electron chi connectivity index (χ3n) is 2.57. The van der Waals surface area contributed by atoms with E-state index in [1.165, 1.54) is 0 Å². The number of phenolic OH excluding ortho intramolecular Hbond substituents is 1. The third kappa shape index (κ3) is 3.38. The lowest BCUT2D eigenvalue weighted by molar-refractivity contribution is 0.464. The van der Waals surface area contributed by atoms with Crippen LogP contribution in [0.2, 0.25) is 0 Å². The predicted molar refractivity (Wildman–Crippen MR) is 59.6 cm³/mol. The maximum atomic E-state index is 9.52. The Kier molecular flexibility index (Phi) is 4.47. The topological polar surface area (TPSA) is 32.3 Å². The highest BCUT2D eigenvalue weighted by Crippen LogP contribution is 2.18. The zero-order chi connectivity index (χ0) is 10.4. The number of para-hydroxylation sites is 1. The lowest BCUT2D eigenvalue weighted by atomic mass is 10.0. The summed E-state index contributed by atoms with van der Waals surface area (Å²) in [4.78, 5) is 0. The second kappa shape index (κ2) is 5.66. The molecular weight excluding hydrogens is 174 g/mol. The van der Waals surface area contributed by atoms with Crippen LogP contribution >= 0.6 is 0 Å². The minimum atomic E-state index is 0.421. The first kappa shape index (κ1) is 11.1. The Morgan fingerprint density at radius 2 is 2.07 bits per heavy atom. The summed E-state index contributed by atoms with van der Waals surface area (Å²) in [5, 5.41) is 12.7. The molecule has 1 unspecified atom stereocenters. The quantitative estimate of drug-likeness (QED) is 0.752. The lowest BCUT2D eigenvalue weighted by Crippen LogP contribution is -2.20. The van der Waals surface area contributed by atoms with Crippen molar-refractivity contribution in [3.63, 3.8) is 0 Å². The summed E-state index contributed by atoms with van der Waals surface area (Å²) in [6.07, 6.45) is 3.21. The van der Waals surface area contributed by atoms with Crippen molar-refractivity contribution in [2.75, 3.05) is 7.05 Å². The Balaban J connectivity index is 2.35. The van der Waals surface area contributed by atoms with Gasteiger partial charge < -0.3 is 10.4 Å². The first-order valence-electron chi connectivity index (χ1n) is 5.18. The molecule has 0 aromatic heterocycles. The summed E-state index contributed by atoms with van der Waals surface area (Å²) in [7, 11) is 1.98. The molecule has 0 radical (unpaired) electrons. The molecule has 1 aromatic rings. The maximum Gasteiger partial charge on any atom is 0.118 e. The monoisotopic (exact) mass is 193 g/mol. The summed E-state index contributed by atoms with van der Waals surface area (Å²) in [6, 6.07) is 8.11. The van der Waals surface area contributed by atoms with Crippen molar-refractivity contribution in [2.45, 2.75) is 32.2 Å². The predicted octanol–water partition coefficient (Wildman–Crippen LogP) is 2.32. The van der Waals surface area contributed by atoms with E-state index in [1.807, 2.05) is 25.2 Å². The minimum Gasteiger partial charge on any atom is -0.508 e. The average Bonchev–Trinajstić information content (AvgIpc) is 2.20. The van der Waals surface area contributed by atoms with Gasteiger partial charge in [-0.2, -0.15) is 0 Å². The van der Waals surface area contributed by atoms with E-state index in [1.54, 1.807) is 6.07 Å². The number of hydrogen-bond acceptors (Lipinski definition) is 2. The Hall–Kier alpha value is -1.02. The van der Waals surface area contributed by atoms with Crippen LogP contribution in [0.3, 0.4) is 0 Å². The number of phenols is 1. The van der Waals surface area contributed by atoms with Crippen molar-refractivity contribution in [1.82, 2.24) is 5.32 Å². The molecule has 0 spiro atoms. The van der Waals surface area contributed by atoms with Crippen molar-refractivity contribution < 1.29 is 5.11 Å². The Morgan fingerprint density at radius 3 is 2.71 bits per heavy atom. The van der Waals surface area contributed by atoms with Crippen molar-refractivity contribution in [3.05, 3.63) is 29.8 Å². The second-order valence-electron chi connectivity index (χ2n) is 3.71. The van der Waals surface area contributed by atoms with E-state index in [2.05, 4.69) is 12.2 Å². The van der Waals surface area contributed by atoms with Crippen molar-refractivity contribution in [3.8, 4) is 5.75 Å². The molecule has 1 rings (SSSR count). The molecule has 0 aliphatic carbocycles. The number of rotatable bonds is 5. The number of aromatic hydroxyl groups is 1. The van der Waals surface area contributed by atoms with Gasteiger partial charge in [0.2, 0.25) is 0 Å². The molecule has 2 N–H and O–H groups in total. The Labute approximate surface area is 86.0 Å². The zero-order valence-electron chi connectivity index (χ0n) is 8.96. The van der Waals surface area contributed by atoms with Gasteiger partial charge in [0, 0.05) is 6.04 Å². The van der Waals surface area contributed by atoms with E-state index in [0.29, 0.717) is 11.8 Å². The molecule has 0 bridgehead atoms. The van der Waals surface area contributed by atoms with E-state index >= 15 is 0 Å². The van der Waals surface area contributed by atoms with Crippen LogP contribution in [0.1, 0.15) is 25.3 Å². The van der Waals surface area contributed by atoms with E-state index in [9.17, 15) is 5.11 Å². The normalized spacial score (nSPS) is 12.7. The number of hydrogen-bond donors (Lipinski definition) is 2. The van der Waals surface area contributed by atoms with Crippen LogP contribution in [0.15, 0.2) is 24.3 Å². The summed E-state index contributed by atoms with van der Waals surface area (Å²) in [5.74, 6) is 0.421. The molecule has 2 heteroatoms. The molecule has 1 aromatic carbocycles. The first-order valence-corrected chi connectivity index (χ1v) is 5.18. The first-order chi connectivity index (χ1) is 6.74. The van der Waals surface area contributed by atoms with E-state index in [0.717, 1.165) is 24.8 Å². The maximum absolute atomic E-state index is 9.52. The minimum absolute atomic E-state index is 0.421. The van der Waals surface area contributed by atoms with E-state index in [4.69, 9.17) is 0 Å². The summed E-state index contributed by atoms with van der Waals surface area (Å²) in [5.41, 5.74) is 1.05. The van der Waals surface area contributed by atoms with Gasteiger partial charge >= 0.3 is 0 Å². The molecule has 0 fully saturated rings. The fourth-order valence-electron chi connectivity index (χ4n) is 1.47. The van der Waals surface area contributed by atoms with Crippen LogP contribution in [-0.4, -0.2) is 18.2 Å². The van der Waals surface area contributed by atoms with E-state index in [-0.39, 0.29) is 0 Å². The SMILES string of the molecule is CNC(C)CCCc1ccccc1O. The van der Waals surface area contributed by atoms with Gasteiger partial charge in [-0.3, -0.25) is 0 Å². The molecule has 0 saturated carbocycles. The Morgan fingerprint density at radius 1 is 1.36 bits per heavy atom. The zero-order valence-corrected chi connectivity index (χ0v) is 8.96. The standard InChI is InChI=1S/C12H19NO/c1-10(13-2)6-5-8-11-7-3-4-9-12(11)14/h3-4,7,9-10,13-14H,5-6,8H2,1-2H3. The van der Waals surface area contributed by atoms with Gasteiger partial charge in [0.25, 0.3) is 0 Å². The average molecular weight is 193 g/mol. The highest BCUT2D eigenvalue weighted by Gasteiger charge is 2.01. The molecule has 0 aliphatic heterocycles. The van der Waals surface area contributed by atoms with Gasteiger partial charge in [-0.15, -0.1) is 0 Å². The largest absolute Gasteiger partial charge is 0.508 e. The lowest BCUT2D eigenvalue weighted by Gasteiger charge is -2.09. The van der Waals surface area contributed by atoms with Crippen LogP contribution in [0.25, 0.3) is 0 Å². The van der Waals surface area contributed by atoms with Crippen molar-refractivity contribution in [1.29, 1.82) is 0 Å². The molecule has 78 valence electrons. The molecule has 2 nitrogen and oxygen atoms in total. The van der Waals surface area contributed by atoms with Crippen molar-refractivity contribution >= 4 is 0 Å². The summed E-state index contributed by atoms with van der Waals surface area (Å²) in [6.45, 7) is 2.17. The van der Waals surface area contributed by atoms with Gasteiger partial charge in [-0.1, -0.05) is 18.2 Å². The molecular formula is C12H19NO. The Bertz CT molecular complexity index is 273. The van der Waals surface area contributed by atoms with Gasteiger partial charge in [0.15, 0.2) is 0 Å². The second-order valence-corrected chi connectivity index (χ2v) is 3.71. The molecule has 0 saturated heterocycles. The number of nitrogens with one attached hydrogen (secondary N) is 1. The molecule has 1 atom stereocenters. The van der Waals surface area contributed by atoms with E-state index < -0.39 is 0 Å². The van der Waals surface area contributed by atoms with Crippen molar-refractivity contribution in [2.24, 2.45) is 0 Å². The van der Waals surface area contributed by atoms with Crippen LogP contribution in [-0.2, 0) is 6.42 Å². The number of aryl methyl sites for hydroxylation is 1. The highest BCUT2D eigenvalue weighted by atomic mass is 16.3.